The van der Waals surface area contributed by atoms with Gasteiger partial charge in [0.2, 0.25) is 0 Å². The first kappa shape index (κ1) is 17.3. The fraction of sp³-hybridized carbons (Fsp3) is 0.846. The van der Waals surface area contributed by atoms with E-state index in [1.54, 1.807) is 12.0 Å². The number of amides is 1. The van der Waals surface area contributed by atoms with Gasteiger partial charge in [0.15, 0.2) is 0 Å². The number of nitrogens with two attached hydrogens (primary N) is 1. The smallest absolute Gasteiger partial charge is 0.254 e. The lowest BCUT2D eigenvalue weighted by Crippen LogP contribution is -2.49. The molecule has 106 valence electrons. The third-order valence-electron chi connectivity index (χ3n) is 3.08. The lowest BCUT2D eigenvalue weighted by molar-refractivity contribution is -0.153. The van der Waals surface area contributed by atoms with Crippen molar-refractivity contribution in [2.75, 3.05) is 20.2 Å². The van der Waals surface area contributed by atoms with Gasteiger partial charge in [-0.15, -0.1) is 0 Å². The molecule has 0 bridgehead atoms. The van der Waals surface area contributed by atoms with E-state index in [-0.39, 0.29) is 5.91 Å². The minimum absolute atomic E-state index is 0.0115. The molecule has 0 rings (SSSR count). The van der Waals surface area contributed by atoms with Crippen LogP contribution in [0.1, 0.15) is 40.5 Å². The number of ether oxygens (including phenoxy) is 1. The summed E-state index contributed by atoms with van der Waals surface area (Å²) in [6.45, 7) is 9.19. The van der Waals surface area contributed by atoms with E-state index in [1.165, 1.54) is 0 Å². The minimum atomic E-state index is -0.759. The molecule has 5 heteroatoms. The third kappa shape index (κ3) is 5.31. The van der Waals surface area contributed by atoms with Crippen molar-refractivity contribution in [2.24, 2.45) is 11.7 Å². The molecule has 0 spiro atoms. The van der Waals surface area contributed by atoms with Crippen molar-refractivity contribution in [3.63, 3.8) is 0 Å². The quantitative estimate of drug-likeness (QED) is 0.688. The van der Waals surface area contributed by atoms with E-state index in [1.807, 2.05) is 13.8 Å². The van der Waals surface area contributed by atoms with Crippen LogP contribution < -0.4 is 5.73 Å². The molecule has 1 unspecified atom stereocenters. The molecule has 1 atom stereocenters. The standard InChI is InChI=1S/C13H26N2O2S/c1-6-13(4,17-5)12(16)15(9-10(2)3)8-7-11(14)18/h10H,6-9H2,1-5H3,(H2,14,18). The number of carbonyl (C=O) groups excluding carboxylic acids is 1. The van der Waals surface area contributed by atoms with Crippen LogP contribution in [0, 0.1) is 5.92 Å². The van der Waals surface area contributed by atoms with Gasteiger partial charge in [-0.2, -0.15) is 0 Å². The number of hydrogen-bond donors (Lipinski definition) is 1. The van der Waals surface area contributed by atoms with Crippen molar-refractivity contribution in [3.8, 4) is 0 Å². The Morgan fingerprint density at radius 1 is 1.50 bits per heavy atom. The lowest BCUT2D eigenvalue weighted by Gasteiger charge is -2.34. The molecule has 0 fully saturated rings. The molecule has 18 heavy (non-hydrogen) atoms. The van der Waals surface area contributed by atoms with E-state index in [9.17, 15) is 4.79 Å². The van der Waals surface area contributed by atoms with E-state index in [0.717, 1.165) is 0 Å². The van der Waals surface area contributed by atoms with Gasteiger partial charge in [0.05, 0.1) is 4.99 Å². The van der Waals surface area contributed by atoms with E-state index < -0.39 is 5.60 Å². The Hall–Kier alpha value is -0.680. The highest BCUT2D eigenvalue weighted by atomic mass is 32.1. The average Bonchev–Trinajstić information content (AvgIpc) is 2.31. The summed E-state index contributed by atoms with van der Waals surface area (Å²) >= 11 is 4.87. The summed E-state index contributed by atoms with van der Waals surface area (Å²) in [5.74, 6) is 0.413. The van der Waals surface area contributed by atoms with E-state index in [2.05, 4.69) is 13.8 Å². The molecule has 0 saturated carbocycles. The Labute approximate surface area is 116 Å². The highest BCUT2D eigenvalue weighted by Gasteiger charge is 2.35. The molecule has 2 N–H and O–H groups in total. The van der Waals surface area contributed by atoms with E-state index in [0.29, 0.717) is 36.8 Å². The number of rotatable bonds is 8. The molecular weight excluding hydrogens is 248 g/mol. The van der Waals surface area contributed by atoms with Gasteiger partial charge in [0, 0.05) is 26.6 Å². The number of thiocarbonyl (C=S) groups is 1. The third-order valence-corrected chi connectivity index (χ3v) is 3.28. The van der Waals surface area contributed by atoms with Gasteiger partial charge in [-0.25, -0.2) is 0 Å². The summed E-state index contributed by atoms with van der Waals surface area (Å²) < 4.78 is 5.36. The van der Waals surface area contributed by atoms with Crippen LogP contribution in [0.2, 0.25) is 0 Å². The van der Waals surface area contributed by atoms with Crippen LogP contribution in [0.5, 0.6) is 0 Å². The van der Waals surface area contributed by atoms with Crippen molar-refractivity contribution in [1.82, 2.24) is 4.90 Å². The van der Waals surface area contributed by atoms with Crippen LogP contribution in [-0.2, 0) is 9.53 Å². The second-order valence-electron chi connectivity index (χ2n) is 5.15. The molecule has 0 aliphatic rings. The molecule has 0 radical (unpaired) electrons. The maximum Gasteiger partial charge on any atom is 0.254 e. The number of nitrogens with zero attached hydrogens (tertiary/aromatic N) is 1. The van der Waals surface area contributed by atoms with Crippen LogP contribution in [0.3, 0.4) is 0 Å². The zero-order valence-corrected chi connectivity index (χ0v) is 13.0. The zero-order chi connectivity index (χ0) is 14.3. The Balaban J connectivity index is 4.82. The van der Waals surface area contributed by atoms with Crippen molar-refractivity contribution >= 4 is 23.1 Å². The van der Waals surface area contributed by atoms with Crippen LogP contribution in [0.25, 0.3) is 0 Å². The van der Waals surface area contributed by atoms with Gasteiger partial charge < -0.3 is 15.4 Å². The molecule has 0 aliphatic heterocycles. The topological polar surface area (TPSA) is 55.6 Å². The SMILES string of the molecule is CCC(C)(OC)C(=O)N(CCC(N)=S)CC(C)C. The summed E-state index contributed by atoms with van der Waals surface area (Å²) in [4.78, 5) is 14.7. The minimum Gasteiger partial charge on any atom is -0.393 e. The molecule has 0 heterocycles. The summed E-state index contributed by atoms with van der Waals surface area (Å²) in [6.07, 6.45) is 1.20. The Bertz CT molecular complexity index is 289. The number of methoxy groups -OCH3 is 1. The molecule has 0 aromatic heterocycles. The number of hydrogen-bond acceptors (Lipinski definition) is 3. The van der Waals surface area contributed by atoms with E-state index in [4.69, 9.17) is 22.7 Å². The maximum atomic E-state index is 12.5. The van der Waals surface area contributed by atoms with Gasteiger partial charge in [-0.3, -0.25) is 4.79 Å². The van der Waals surface area contributed by atoms with Crippen molar-refractivity contribution < 1.29 is 9.53 Å². The van der Waals surface area contributed by atoms with Gasteiger partial charge in [0.25, 0.3) is 5.91 Å². The largest absolute Gasteiger partial charge is 0.393 e. The predicted molar refractivity (Wildman–Crippen MR) is 78.5 cm³/mol. The highest BCUT2D eigenvalue weighted by molar-refractivity contribution is 7.80. The van der Waals surface area contributed by atoms with Crippen molar-refractivity contribution in [1.29, 1.82) is 0 Å². The first-order valence-corrected chi connectivity index (χ1v) is 6.80. The average molecular weight is 274 g/mol. The summed E-state index contributed by atoms with van der Waals surface area (Å²) in [7, 11) is 1.57. The first-order valence-electron chi connectivity index (χ1n) is 6.39. The van der Waals surface area contributed by atoms with Crippen LogP contribution >= 0.6 is 12.2 Å². The summed E-state index contributed by atoms with van der Waals surface area (Å²) in [5.41, 5.74) is 4.75. The van der Waals surface area contributed by atoms with Gasteiger partial charge >= 0.3 is 0 Å². The molecule has 0 saturated heterocycles. The first-order chi connectivity index (χ1) is 8.26. The Morgan fingerprint density at radius 2 is 2.06 bits per heavy atom. The number of carbonyl (C=O) groups is 1. The van der Waals surface area contributed by atoms with Crippen LogP contribution in [0.4, 0.5) is 0 Å². The normalized spacial score (nSPS) is 14.3. The molecule has 1 amide bonds. The van der Waals surface area contributed by atoms with Gasteiger partial charge in [-0.05, 0) is 19.3 Å². The molecular formula is C13H26N2O2S. The zero-order valence-electron chi connectivity index (χ0n) is 12.2. The second kappa shape index (κ2) is 7.69. The fourth-order valence-corrected chi connectivity index (χ4v) is 1.77. The molecule has 0 aliphatic carbocycles. The molecule has 0 aromatic rings. The van der Waals surface area contributed by atoms with Crippen LogP contribution in [0.15, 0.2) is 0 Å². The maximum absolute atomic E-state index is 12.5. The van der Waals surface area contributed by atoms with Gasteiger partial charge in [0.1, 0.15) is 5.60 Å². The molecule has 4 nitrogen and oxygen atoms in total. The Kier molecular flexibility index (Phi) is 7.40. The summed E-state index contributed by atoms with van der Waals surface area (Å²) in [5, 5.41) is 0. The van der Waals surface area contributed by atoms with Crippen LogP contribution in [-0.4, -0.2) is 41.6 Å². The van der Waals surface area contributed by atoms with E-state index >= 15 is 0 Å². The molecule has 0 aromatic carbocycles. The monoisotopic (exact) mass is 274 g/mol. The highest BCUT2D eigenvalue weighted by Crippen LogP contribution is 2.19. The van der Waals surface area contributed by atoms with Crippen molar-refractivity contribution in [3.05, 3.63) is 0 Å². The fourth-order valence-electron chi connectivity index (χ4n) is 1.68. The lowest BCUT2D eigenvalue weighted by atomic mass is 10.0. The summed E-state index contributed by atoms with van der Waals surface area (Å²) in [6, 6.07) is 0. The Morgan fingerprint density at radius 3 is 2.39 bits per heavy atom. The van der Waals surface area contributed by atoms with Crippen molar-refractivity contribution in [2.45, 2.75) is 46.1 Å². The predicted octanol–water partition coefficient (Wildman–Crippen LogP) is 1.96. The second-order valence-corrected chi connectivity index (χ2v) is 5.67. The van der Waals surface area contributed by atoms with Gasteiger partial charge in [-0.1, -0.05) is 33.0 Å².